The number of hydrogen-bond acceptors (Lipinski definition) is 5. The number of piperidine rings is 1. The lowest BCUT2D eigenvalue weighted by atomic mass is 9.82. The molecule has 20 heavy (non-hydrogen) atoms. The number of aromatic nitrogens is 1. The highest BCUT2D eigenvalue weighted by molar-refractivity contribution is 5.93. The van der Waals surface area contributed by atoms with Gasteiger partial charge in [0.2, 0.25) is 0 Å². The zero-order chi connectivity index (χ0) is 14.2. The van der Waals surface area contributed by atoms with Crippen LogP contribution in [0.15, 0.2) is 10.8 Å². The number of aryl methyl sites for hydroxylation is 1. The first kappa shape index (κ1) is 13.6. The lowest BCUT2D eigenvalue weighted by Gasteiger charge is -2.46. The molecule has 3 heterocycles. The Morgan fingerprint density at radius 3 is 2.85 bits per heavy atom. The molecule has 6 heteroatoms. The molecule has 1 aromatic rings. The van der Waals surface area contributed by atoms with Crippen molar-refractivity contribution in [3.05, 3.63) is 17.8 Å². The number of ether oxygens (including phenoxy) is 1. The largest absolute Gasteiger partial charge is 0.448 e. The predicted molar refractivity (Wildman–Crippen MR) is 70.3 cm³/mol. The molecule has 2 saturated heterocycles. The monoisotopic (exact) mass is 280 g/mol. The molecule has 0 saturated carbocycles. The highest BCUT2D eigenvalue weighted by Crippen LogP contribution is 2.35. The van der Waals surface area contributed by atoms with Crippen LogP contribution in [-0.4, -0.2) is 52.3 Å². The van der Waals surface area contributed by atoms with Gasteiger partial charge >= 0.3 is 0 Å². The number of likely N-dealkylation sites (tertiary alicyclic amines) is 1. The third-order valence-electron chi connectivity index (χ3n) is 4.46. The second kappa shape index (κ2) is 5.18. The summed E-state index contributed by atoms with van der Waals surface area (Å²) in [5.41, 5.74) is -0.0699. The summed E-state index contributed by atoms with van der Waals surface area (Å²) in [5, 5.41) is 10.2. The van der Waals surface area contributed by atoms with Gasteiger partial charge in [-0.1, -0.05) is 0 Å². The molecule has 3 rings (SSSR count). The highest BCUT2D eigenvalue weighted by Gasteiger charge is 2.44. The summed E-state index contributed by atoms with van der Waals surface area (Å²) < 4.78 is 10.9. The highest BCUT2D eigenvalue weighted by atomic mass is 16.5. The van der Waals surface area contributed by atoms with Gasteiger partial charge in [-0.3, -0.25) is 4.79 Å². The number of nitrogens with zero attached hydrogens (tertiary/aromatic N) is 2. The average Bonchev–Trinajstić information content (AvgIpc) is 2.89. The topological polar surface area (TPSA) is 75.8 Å². The van der Waals surface area contributed by atoms with E-state index in [0.29, 0.717) is 44.0 Å². The zero-order valence-corrected chi connectivity index (χ0v) is 11.7. The van der Waals surface area contributed by atoms with Gasteiger partial charge in [0.25, 0.3) is 5.91 Å². The van der Waals surface area contributed by atoms with Crippen LogP contribution in [0.1, 0.15) is 41.9 Å². The van der Waals surface area contributed by atoms with Gasteiger partial charge in [0.1, 0.15) is 5.76 Å². The number of oxazole rings is 1. The van der Waals surface area contributed by atoms with E-state index in [0.717, 1.165) is 12.8 Å². The van der Waals surface area contributed by atoms with E-state index in [1.165, 1.54) is 6.39 Å². The summed E-state index contributed by atoms with van der Waals surface area (Å²) in [5.74, 6) is 0.445. The van der Waals surface area contributed by atoms with Crippen LogP contribution in [0.2, 0.25) is 0 Å². The van der Waals surface area contributed by atoms with Gasteiger partial charge in [-0.2, -0.15) is 0 Å². The van der Waals surface area contributed by atoms with Crippen molar-refractivity contribution in [2.24, 2.45) is 0 Å². The van der Waals surface area contributed by atoms with E-state index in [9.17, 15) is 9.90 Å². The van der Waals surface area contributed by atoms with Crippen molar-refractivity contribution < 1.29 is 19.1 Å². The first-order chi connectivity index (χ1) is 9.62. The van der Waals surface area contributed by atoms with E-state index in [4.69, 9.17) is 9.15 Å². The molecule has 0 aliphatic carbocycles. The Balaban J connectivity index is 1.67. The van der Waals surface area contributed by atoms with E-state index in [-0.39, 0.29) is 5.91 Å². The molecule has 1 spiro atoms. The van der Waals surface area contributed by atoms with Crippen molar-refractivity contribution in [2.75, 3.05) is 19.7 Å². The predicted octanol–water partition coefficient (Wildman–Crippen LogP) is 1.13. The Labute approximate surface area is 117 Å². The van der Waals surface area contributed by atoms with Crippen molar-refractivity contribution in [2.45, 2.75) is 44.3 Å². The summed E-state index contributed by atoms with van der Waals surface area (Å²) in [4.78, 5) is 18.1. The van der Waals surface area contributed by atoms with E-state index < -0.39 is 11.7 Å². The van der Waals surface area contributed by atoms with Crippen LogP contribution in [0.25, 0.3) is 0 Å². The number of rotatable bonds is 1. The Kier molecular flexibility index (Phi) is 3.52. The van der Waals surface area contributed by atoms with Crippen molar-refractivity contribution in [1.82, 2.24) is 9.88 Å². The maximum absolute atomic E-state index is 12.3. The Morgan fingerprint density at radius 1 is 1.50 bits per heavy atom. The molecule has 2 fully saturated rings. The first-order valence-electron chi connectivity index (χ1n) is 7.14. The molecule has 1 N–H and O–H groups in total. The quantitative estimate of drug-likeness (QED) is 0.834. The fourth-order valence-corrected chi connectivity index (χ4v) is 3.14. The summed E-state index contributed by atoms with van der Waals surface area (Å²) in [6.45, 7) is 3.61. The van der Waals surface area contributed by atoms with Crippen molar-refractivity contribution >= 4 is 5.91 Å². The van der Waals surface area contributed by atoms with Gasteiger partial charge in [-0.25, -0.2) is 4.98 Å². The van der Waals surface area contributed by atoms with Gasteiger partial charge in [-0.15, -0.1) is 0 Å². The van der Waals surface area contributed by atoms with Crippen LogP contribution in [0.5, 0.6) is 0 Å². The molecule has 1 atom stereocenters. The maximum Gasteiger partial charge on any atom is 0.276 e. The molecule has 0 radical (unpaired) electrons. The number of carbonyl (C=O) groups is 1. The zero-order valence-electron chi connectivity index (χ0n) is 11.7. The number of amides is 1. The molecule has 110 valence electrons. The molecule has 0 unspecified atom stereocenters. The summed E-state index contributed by atoms with van der Waals surface area (Å²) >= 11 is 0. The van der Waals surface area contributed by atoms with Crippen LogP contribution in [0, 0.1) is 6.92 Å². The molecule has 2 aliphatic heterocycles. The van der Waals surface area contributed by atoms with Crippen LogP contribution in [0.4, 0.5) is 0 Å². The minimum atomic E-state index is -0.450. The van der Waals surface area contributed by atoms with Crippen LogP contribution < -0.4 is 0 Å². The number of aliphatic hydroxyl groups excluding tert-OH is 1. The smallest absolute Gasteiger partial charge is 0.276 e. The molecule has 0 aromatic carbocycles. The standard InChI is InChI=1S/C14H20N2O4/c1-10-12(15-9-19-10)13(18)16-6-4-14(5-7-16)11(17)3-2-8-20-14/h9,11,17H,2-8H2,1H3/t11-/m0/s1. The van der Waals surface area contributed by atoms with Gasteiger partial charge in [0.05, 0.1) is 11.7 Å². The minimum Gasteiger partial charge on any atom is -0.448 e. The molecule has 6 nitrogen and oxygen atoms in total. The van der Waals surface area contributed by atoms with Gasteiger partial charge < -0.3 is 19.2 Å². The lowest BCUT2D eigenvalue weighted by Crippen LogP contribution is -2.56. The fraction of sp³-hybridized carbons (Fsp3) is 0.714. The van der Waals surface area contributed by atoms with Gasteiger partial charge in [-0.05, 0) is 32.6 Å². The van der Waals surface area contributed by atoms with Crippen LogP contribution in [-0.2, 0) is 4.74 Å². The summed E-state index contributed by atoms with van der Waals surface area (Å²) in [6, 6.07) is 0. The number of aliphatic hydroxyl groups is 1. The summed E-state index contributed by atoms with van der Waals surface area (Å²) in [7, 11) is 0. The molecule has 1 amide bonds. The van der Waals surface area contributed by atoms with E-state index in [2.05, 4.69) is 4.98 Å². The number of hydrogen-bond donors (Lipinski definition) is 1. The SMILES string of the molecule is Cc1ocnc1C(=O)N1CCC2(CC1)OCCC[C@@H]2O. The molecule has 0 bridgehead atoms. The second-order valence-corrected chi connectivity index (χ2v) is 5.62. The van der Waals surface area contributed by atoms with E-state index in [1.54, 1.807) is 11.8 Å². The van der Waals surface area contributed by atoms with Gasteiger partial charge in [0.15, 0.2) is 12.1 Å². The van der Waals surface area contributed by atoms with E-state index in [1.807, 2.05) is 0 Å². The van der Waals surface area contributed by atoms with Crippen molar-refractivity contribution in [3.8, 4) is 0 Å². The Hall–Kier alpha value is -1.40. The van der Waals surface area contributed by atoms with Crippen LogP contribution in [0.3, 0.4) is 0 Å². The van der Waals surface area contributed by atoms with Crippen LogP contribution >= 0.6 is 0 Å². The summed E-state index contributed by atoms with van der Waals surface area (Å²) in [6.07, 6.45) is 3.93. The normalized spacial score (nSPS) is 25.9. The first-order valence-corrected chi connectivity index (χ1v) is 7.14. The average molecular weight is 280 g/mol. The molecule has 1 aromatic heterocycles. The Morgan fingerprint density at radius 2 is 2.25 bits per heavy atom. The fourth-order valence-electron chi connectivity index (χ4n) is 3.14. The second-order valence-electron chi connectivity index (χ2n) is 5.62. The van der Waals surface area contributed by atoms with Crippen molar-refractivity contribution in [1.29, 1.82) is 0 Å². The van der Waals surface area contributed by atoms with Crippen molar-refractivity contribution in [3.63, 3.8) is 0 Å². The Bertz CT molecular complexity index is 491. The molecular formula is C14H20N2O4. The molecular weight excluding hydrogens is 260 g/mol. The minimum absolute atomic E-state index is 0.101. The maximum atomic E-state index is 12.3. The third kappa shape index (κ3) is 2.23. The molecule has 2 aliphatic rings. The lowest BCUT2D eigenvalue weighted by molar-refractivity contribution is -0.174. The van der Waals surface area contributed by atoms with E-state index >= 15 is 0 Å². The number of carbonyl (C=O) groups excluding carboxylic acids is 1. The van der Waals surface area contributed by atoms with Gasteiger partial charge in [0, 0.05) is 19.7 Å². The third-order valence-corrected chi connectivity index (χ3v) is 4.46.